The van der Waals surface area contributed by atoms with Gasteiger partial charge in [-0.1, -0.05) is 18.2 Å². The molecule has 0 spiro atoms. The summed E-state index contributed by atoms with van der Waals surface area (Å²) in [5.41, 5.74) is 3.74. The first kappa shape index (κ1) is 18.7. The highest BCUT2D eigenvalue weighted by Crippen LogP contribution is 2.42. The van der Waals surface area contributed by atoms with E-state index in [1.807, 2.05) is 34.3 Å². The van der Waals surface area contributed by atoms with E-state index in [2.05, 4.69) is 83.9 Å². The monoisotopic (exact) mass is 491 g/mol. The number of aromatic nitrogens is 2. The highest BCUT2D eigenvalue weighted by atomic mass is 127. The molecule has 6 heteroatoms. The lowest BCUT2D eigenvalue weighted by Gasteiger charge is -2.27. The predicted molar refractivity (Wildman–Crippen MR) is 119 cm³/mol. The lowest BCUT2D eigenvalue weighted by atomic mass is 9.92. The molecule has 3 aromatic rings. The number of thiophene rings is 1. The summed E-state index contributed by atoms with van der Waals surface area (Å²) in [6.07, 6.45) is 2.05. The van der Waals surface area contributed by atoms with E-state index >= 15 is 0 Å². The van der Waals surface area contributed by atoms with Gasteiger partial charge in [-0.05, 0) is 67.9 Å². The van der Waals surface area contributed by atoms with Crippen molar-refractivity contribution in [3.63, 3.8) is 0 Å². The van der Waals surface area contributed by atoms with Crippen LogP contribution in [-0.2, 0) is 6.54 Å². The second-order valence-corrected chi connectivity index (χ2v) is 9.26. The lowest BCUT2D eigenvalue weighted by Crippen LogP contribution is -2.20. The van der Waals surface area contributed by atoms with Crippen molar-refractivity contribution in [3.8, 4) is 5.75 Å². The summed E-state index contributed by atoms with van der Waals surface area (Å²) in [5, 5.41) is 4.62. The lowest BCUT2D eigenvalue weighted by molar-refractivity contribution is 0.326. The molecular formula is C21H22IN3OS. The van der Waals surface area contributed by atoms with E-state index in [0.717, 1.165) is 16.0 Å². The van der Waals surface area contributed by atoms with E-state index in [1.165, 1.54) is 26.5 Å². The number of ether oxygens (including phenoxy) is 1. The van der Waals surface area contributed by atoms with Crippen LogP contribution in [0.4, 0.5) is 0 Å². The van der Waals surface area contributed by atoms with Crippen LogP contribution in [-0.4, -0.2) is 35.4 Å². The predicted octanol–water partition coefficient (Wildman–Crippen LogP) is 5.07. The minimum absolute atomic E-state index is 0.135. The molecule has 3 heterocycles. The zero-order valence-electron chi connectivity index (χ0n) is 15.6. The fourth-order valence-electron chi connectivity index (χ4n) is 3.42. The third-order valence-electron chi connectivity index (χ3n) is 4.72. The summed E-state index contributed by atoms with van der Waals surface area (Å²) in [6, 6.07) is 15.0. The molecule has 4 rings (SSSR count). The summed E-state index contributed by atoms with van der Waals surface area (Å²) in [6.45, 7) is 3.74. The number of halogens is 1. The minimum Gasteiger partial charge on any atom is -0.488 e. The van der Waals surface area contributed by atoms with Gasteiger partial charge in [-0.25, -0.2) is 0 Å². The number of hydrogen-bond acceptors (Lipinski definition) is 4. The van der Waals surface area contributed by atoms with Crippen LogP contribution in [0, 0.1) is 3.70 Å². The molecule has 0 N–H and O–H groups in total. The normalized spacial score (nSPS) is 15.0. The van der Waals surface area contributed by atoms with Crippen LogP contribution in [0.5, 0.6) is 5.75 Å². The molecule has 27 heavy (non-hydrogen) atoms. The molecule has 0 saturated heterocycles. The van der Waals surface area contributed by atoms with Crippen molar-refractivity contribution in [1.29, 1.82) is 0 Å². The third-order valence-corrected chi connectivity index (χ3v) is 6.38. The molecule has 4 nitrogen and oxygen atoms in total. The van der Waals surface area contributed by atoms with Gasteiger partial charge in [0.05, 0.1) is 6.04 Å². The maximum absolute atomic E-state index is 6.10. The van der Waals surface area contributed by atoms with Crippen molar-refractivity contribution in [2.24, 2.45) is 0 Å². The third kappa shape index (κ3) is 3.83. The maximum Gasteiger partial charge on any atom is 0.127 e. The highest BCUT2D eigenvalue weighted by Gasteiger charge is 2.27. The zero-order valence-corrected chi connectivity index (χ0v) is 18.6. The van der Waals surface area contributed by atoms with E-state index in [0.29, 0.717) is 6.61 Å². The topological polar surface area (TPSA) is 30.3 Å². The molecule has 0 bridgehead atoms. The Bertz CT molecular complexity index is 989. The Hall–Kier alpha value is -1.64. The molecule has 2 aromatic heterocycles. The van der Waals surface area contributed by atoms with Gasteiger partial charge >= 0.3 is 0 Å². The average molecular weight is 491 g/mol. The Morgan fingerprint density at radius 3 is 2.78 bits per heavy atom. The van der Waals surface area contributed by atoms with Gasteiger partial charge in [0.2, 0.25) is 0 Å². The quantitative estimate of drug-likeness (QED) is 0.468. The number of rotatable bonds is 5. The van der Waals surface area contributed by atoms with E-state index in [-0.39, 0.29) is 6.04 Å². The van der Waals surface area contributed by atoms with Gasteiger partial charge in [0.15, 0.2) is 0 Å². The van der Waals surface area contributed by atoms with Gasteiger partial charge in [-0.3, -0.25) is 4.68 Å². The van der Waals surface area contributed by atoms with Gasteiger partial charge in [-0.15, -0.1) is 11.3 Å². The summed E-state index contributed by atoms with van der Waals surface area (Å²) >= 11 is 4.12. The van der Waals surface area contributed by atoms with Gasteiger partial charge in [0.25, 0.3) is 0 Å². The van der Waals surface area contributed by atoms with Crippen LogP contribution in [0.2, 0.25) is 0 Å². The van der Waals surface area contributed by atoms with E-state index in [9.17, 15) is 0 Å². The molecule has 1 unspecified atom stereocenters. The minimum atomic E-state index is 0.135. The molecule has 140 valence electrons. The number of benzene rings is 1. The van der Waals surface area contributed by atoms with E-state index in [4.69, 9.17) is 4.74 Å². The van der Waals surface area contributed by atoms with E-state index in [1.54, 1.807) is 0 Å². The fourth-order valence-corrected chi connectivity index (χ4v) is 5.05. The molecule has 1 aliphatic heterocycles. The number of nitrogens with zero attached hydrogens (tertiary/aromatic N) is 3. The SMILES string of the molecule is CC(C1=C(c2ccc(CN(C)C)s2)c2ccccc2OC1)n1ccc(I)n1. The first-order valence-electron chi connectivity index (χ1n) is 8.92. The van der Waals surface area contributed by atoms with Crippen LogP contribution >= 0.6 is 33.9 Å². The second kappa shape index (κ2) is 7.77. The Balaban J connectivity index is 1.84. The average Bonchev–Trinajstić information content (AvgIpc) is 3.28. The summed E-state index contributed by atoms with van der Waals surface area (Å²) in [4.78, 5) is 4.87. The maximum atomic E-state index is 6.10. The second-order valence-electron chi connectivity index (χ2n) is 6.98. The Morgan fingerprint density at radius 2 is 2.04 bits per heavy atom. The summed E-state index contributed by atoms with van der Waals surface area (Å²) in [7, 11) is 4.21. The Labute approximate surface area is 177 Å². The van der Waals surface area contributed by atoms with Crippen LogP contribution in [0.15, 0.2) is 54.2 Å². The molecule has 1 aliphatic rings. The molecule has 0 amide bonds. The van der Waals surface area contributed by atoms with Crippen LogP contribution in [0.1, 0.15) is 28.3 Å². The smallest absolute Gasteiger partial charge is 0.127 e. The zero-order chi connectivity index (χ0) is 19.0. The first-order chi connectivity index (χ1) is 13.0. The van der Waals surface area contributed by atoms with Crippen LogP contribution < -0.4 is 4.74 Å². The molecule has 0 aliphatic carbocycles. The Morgan fingerprint density at radius 1 is 1.22 bits per heavy atom. The van der Waals surface area contributed by atoms with Gasteiger partial charge in [0.1, 0.15) is 16.1 Å². The standard InChI is InChI=1S/C21H22IN3OS/c1-14(25-11-10-20(22)23-25)17-13-26-18-7-5-4-6-16(18)21(17)19-9-8-15(27-19)12-24(2)3/h4-11,14H,12-13H2,1-3H3. The van der Waals surface area contributed by atoms with Crippen molar-refractivity contribution in [2.45, 2.75) is 19.5 Å². The molecule has 1 aromatic carbocycles. The van der Waals surface area contributed by atoms with Crippen molar-refractivity contribution >= 4 is 39.5 Å². The van der Waals surface area contributed by atoms with Crippen molar-refractivity contribution in [1.82, 2.24) is 14.7 Å². The molecule has 0 fully saturated rings. The largest absolute Gasteiger partial charge is 0.488 e. The van der Waals surface area contributed by atoms with Gasteiger partial charge in [-0.2, -0.15) is 5.10 Å². The van der Waals surface area contributed by atoms with E-state index < -0.39 is 0 Å². The van der Waals surface area contributed by atoms with Crippen molar-refractivity contribution in [2.75, 3.05) is 20.7 Å². The molecule has 0 saturated carbocycles. The van der Waals surface area contributed by atoms with Crippen LogP contribution in [0.25, 0.3) is 5.57 Å². The fraction of sp³-hybridized carbons (Fsp3) is 0.286. The molecule has 1 atom stereocenters. The van der Waals surface area contributed by atoms with Crippen molar-refractivity contribution in [3.05, 3.63) is 73.3 Å². The number of para-hydroxylation sites is 1. The van der Waals surface area contributed by atoms with Crippen LogP contribution in [0.3, 0.4) is 0 Å². The van der Waals surface area contributed by atoms with Crippen molar-refractivity contribution < 1.29 is 4.74 Å². The number of fused-ring (bicyclic) bond motifs is 1. The molecule has 0 radical (unpaired) electrons. The Kier molecular flexibility index (Phi) is 5.39. The summed E-state index contributed by atoms with van der Waals surface area (Å²) < 4.78 is 9.14. The van der Waals surface area contributed by atoms with Gasteiger partial charge in [0, 0.05) is 39.2 Å². The first-order valence-corrected chi connectivity index (χ1v) is 10.8. The highest BCUT2D eigenvalue weighted by molar-refractivity contribution is 14.1. The number of hydrogen-bond donors (Lipinski definition) is 0. The molecular weight excluding hydrogens is 469 g/mol. The summed E-state index contributed by atoms with van der Waals surface area (Å²) in [5.74, 6) is 0.959. The van der Waals surface area contributed by atoms with Gasteiger partial charge < -0.3 is 9.64 Å².